The maximum atomic E-state index is 9.16. The molecule has 0 bridgehead atoms. The normalized spacial score (nSPS) is 20.4. The third-order valence-electron chi connectivity index (χ3n) is 3.77. The van der Waals surface area contributed by atoms with Gasteiger partial charge >= 0.3 is 0 Å². The number of piperidine rings is 1. The predicted octanol–water partition coefficient (Wildman–Crippen LogP) is 2.25. The molecule has 0 saturated carbocycles. The maximum absolute atomic E-state index is 9.16. The van der Waals surface area contributed by atoms with Gasteiger partial charge in [0.25, 0.3) is 0 Å². The van der Waals surface area contributed by atoms with Crippen LogP contribution in [0.4, 0.5) is 5.69 Å². The van der Waals surface area contributed by atoms with Crippen molar-refractivity contribution in [2.24, 2.45) is 0 Å². The molecule has 4 heteroatoms. The molecule has 1 aromatic heterocycles. The molecule has 0 amide bonds. The molecule has 1 aliphatic rings. The number of likely N-dealkylation sites (tertiary alicyclic amines) is 1. The van der Waals surface area contributed by atoms with Crippen LogP contribution in [0.5, 0.6) is 0 Å². The number of nitrogens with one attached hydrogen (secondary N) is 1. The number of rotatable bonds is 6. The van der Waals surface area contributed by atoms with E-state index >= 15 is 0 Å². The van der Waals surface area contributed by atoms with Gasteiger partial charge in [0.1, 0.15) is 0 Å². The summed E-state index contributed by atoms with van der Waals surface area (Å²) >= 11 is 0. The quantitative estimate of drug-likeness (QED) is 0.826. The molecule has 2 N–H and O–H groups in total. The first-order chi connectivity index (χ1) is 9.33. The zero-order valence-electron chi connectivity index (χ0n) is 11.8. The highest BCUT2D eigenvalue weighted by Gasteiger charge is 2.22. The third kappa shape index (κ3) is 4.18. The zero-order valence-corrected chi connectivity index (χ0v) is 11.8. The molecule has 1 unspecified atom stereocenters. The molecule has 1 saturated heterocycles. The Kier molecular flexibility index (Phi) is 5.61. The van der Waals surface area contributed by atoms with E-state index in [1.54, 1.807) is 0 Å². The average molecular weight is 263 g/mol. The van der Waals surface area contributed by atoms with Gasteiger partial charge in [-0.2, -0.15) is 0 Å². The predicted molar refractivity (Wildman–Crippen MR) is 78.2 cm³/mol. The monoisotopic (exact) mass is 263 g/mol. The molecule has 2 rings (SSSR count). The molecule has 2 heterocycles. The number of anilines is 1. The van der Waals surface area contributed by atoms with E-state index in [4.69, 9.17) is 5.11 Å². The molecule has 19 heavy (non-hydrogen) atoms. The first-order valence-electron chi connectivity index (χ1n) is 7.37. The van der Waals surface area contributed by atoms with Gasteiger partial charge in [0.05, 0.1) is 5.69 Å². The summed E-state index contributed by atoms with van der Waals surface area (Å²) in [6, 6.07) is 4.66. The Bertz CT molecular complexity index is 381. The van der Waals surface area contributed by atoms with Crippen LogP contribution in [0.2, 0.25) is 0 Å². The lowest BCUT2D eigenvalue weighted by atomic mass is 9.99. The smallest absolute Gasteiger partial charge is 0.0564 e. The number of aliphatic hydroxyl groups excluding tert-OH is 1. The molecule has 0 aromatic carbocycles. The van der Waals surface area contributed by atoms with Crippen LogP contribution < -0.4 is 5.32 Å². The van der Waals surface area contributed by atoms with Crippen LogP contribution in [0.1, 0.15) is 38.3 Å². The maximum Gasteiger partial charge on any atom is 0.0564 e. The highest BCUT2D eigenvalue weighted by molar-refractivity contribution is 5.42. The van der Waals surface area contributed by atoms with Crippen LogP contribution in [0.3, 0.4) is 0 Å². The summed E-state index contributed by atoms with van der Waals surface area (Å²) in [4.78, 5) is 6.94. The van der Waals surface area contributed by atoms with E-state index < -0.39 is 0 Å². The molecule has 4 nitrogen and oxygen atoms in total. The largest absolute Gasteiger partial charge is 0.396 e. The van der Waals surface area contributed by atoms with E-state index in [9.17, 15) is 0 Å². The summed E-state index contributed by atoms with van der Waals surface area (Å²) in [6.07, 6.45) is 6.50. The van der Waals surface area contributed by atoms with Gasteiger partial charge in [0.15, 0.2) is 0 Å². The molecule has 1 aliphatic heterocycles. The summed E-state index contributed by atoms with van der Waals surface area (Å²) in [5, 5.41) is 12.5. The summed E-state index contributed by atoms with van der Waals surface area (Å²) in [5.41, 5.74) is 2.26. The van der Waals surface area contributed by atoms with Crippen molar-refractivity contribution in [1.29, 1.82) is 0 Å². The van der Waals surface area contributed by atoms with Gasteiger partial charge in [-0.05, 0) is 44.9 Å². The van der Waals surface area contributed by atoms with Crippen molar-refractivity contribution in [2.75, 3.05) is 25.0 Å². The van der Waals surface area contributed by atoms with Crippen molar-refractivity contribution in [3.63, 3.8) is 0 Å². The number of aliphatic hydroxyl groups is 1. The van der Waals surface area contributed by atoms with E-state index in [2.05, 4.69) is 28.2 Å². The fourth-order valence-corrected chi connectivity index (χ4v) is 2.83. The Hall–Kier alpha value is -1.13. The molecule has 0 spiro atoms. The molecule has 0 aliphatic carbocycles. The molecular formula is C15H25N3O. The molecular weight excluding hydrogens is 238 g/mol. The topological polar surface area (TPSA) is 48.4 Å². The number of aromatic nitrogens is 1. The highest BCUT2D eigenvalue weighted by Crippen LogP contribution is 2.21. The Balaban J connectivity index is 1.99. The zero-order chi connectivity index (χ0) is 13.5. The number of nitrogens with zero attached hydrogens (tertiary/aromatic N) is 2. The van der Waals surface area contributed by atoms with Crippen LogP contribution >= 0.6 is 0 Å². The summed E-state index contributed by atoms with van der Waals surface area (Å²) in [7, 11) is 0. The van der Waals surface area contributed by atoms with Crippen molar-refractivity contribution < 1.29 is 5.11 Å². The Morgan fingerprint density at radius 3 is 3.16 bits per heavy atom. The van der Waals surface area contributed by atoms with Gasteiger partial charge in [-0.3, -0.25) is 9.88 Å². The summed E-state index contributed by atoms with van der Waals surface area (Å²) in [5.74, 6) is 0. The van der Waals surface area contributed by atoms with Gasteiger partial charge < -0.3 is 10.4 Å². The average Bonchev–Trinajstić information content (AvgIpc) is 2.42. The van der Waals surface area contributed by atoms with Crippen molar-refractivity contribution in [3.8, 4) is 0 Å². The molecule has 0 radical (unpaired) electrons. The first-order valence-corrected chi connectivity index (χ1v) is 7.37. The van der Waals surface area contributed by atoms with Crippen molar-refractivity contribution in [1.82, 2.24) is 9.88 Å². The van der Waals surface area contributed by atoms with Gasteiger partial charge in [0.2, 0.25) is 0 Å². The van der Waals surface area contributed by atoms with E-state index in [1.807, 2.05) is 12.3 Å². The van der Waals surface area contributed by atoms with Gasteiger partial charge in [-0.25, -0.2) is 0 Å². The molecule has 106 valence electrons. The van der Waals surface area contributed by atoms with Gasteiger partial charge in [-0.15, -0.1) is 0 Å². The fraction of sp³-hybridized carbons (Fsp3) is 0.667. The van der Waals surface area contributed by atoms with Crippen molar-refractivity contribution in [3.05, 3.63) is 24.0 Å². The van der Waals surface area contributed by atoms with E-state index in [0.29, 0.717) is 6.04 Å². The standard InChI is InChI=1S/C15H25N3O/c1-2-16-13-6-8-17-14(11-13)12-18-9-4-3-5-15(18)7-10-19/h6,8,11,15,19H,2-5,7,9-10,12H2,1H3,(H,16,17). The van der Waals surface area contributed by atoms with Crippen LogP contribution in [0, 0.1) is 0 Å². The molecule has 1 fully saturated rings. The number of hydrogen-bond donors (Lipinski definition) is 2. The first kappa shape index (κ1) is 14.3. The Morgan fingerprint density at radius 2 is 2.37 bits per heavy atom. The second kappa shape index (κ2) is 7.46. The molecule has 1 atom stereocenters. The fourth-order valence-electron chi connectivity index (χ4n) is 2.83. The van der Waals surface area contributed by atoms with Gasteiger partial charge in [-0.1, -0.05) is 6.42 Å². The molecule has 1 aromatic rings. The lowest BCUT2D eigenvalue weighted by Crippen LogP contribution is -2.39. The van der Waals surface area contributed by atoms with Crippen LogP contribution in [0.15, 0.2) is 18.3 Å². The second-order valence-corrected chi connectivity index (χ2v) is 5.20. The Morgan fingerprint density at radius 1 is 1.47 bits per heavy atom. The second-order valence-electron chi connectivity index (χ2n) is 5.20. The van der Waals surface area contributed by atoms with Crippen LogP contribution in [-0.4, -0.2) is 40.7 Å². The minimum Gasteiger partial charge on any atom is -0.396 e. The van der Waals surface area contributed by atoms with E-state index in [-0.39, 0.29) is 6.61 Å². The lowest BCUT2D eigenvalue weighted by molar-refractivity contribution is 0.111. The third-order valence-corrected chi connectivity index (χ3v) is 3.77. The van der Waals surface area contributed by atoms with Crippen molar-refractivity contribution in [2.45, 2.75) is 45.2 Å². The van der Waals surface area contributed by atoms with Gasteiger partial charge in [0, 0.05) is 37.6 Å². The Labute approximate surface area is 115 Å². The minimum absolute atomic E-state index is 0.284. The van der Waals surface area contributed by atoms with Crippen molar-refractivity contribution >= 4 is 5.69 Å². The van der Waals surface area contributed by atoms with Crippen LogP contribution in [-0.2, 0) is 6.54 Å². The minimum atomic E-state index is 0.284. The number of hydrogen-bond acceptors (Lipinski definition) is 4. The summed E-state index contributed by atoms with van der Waals surface area (Å²) < 4.78 is 0. The lowest BCUT2D eigenvalue weighted by Gasteiger charge is -2.35. The SMILES string of the molecule is CCNc1ccnc(CN2CCCCC2CCO)c1. The number of pyridine rings is 1. The summed E-state index contributed by atoms with van der Waals surface area (Å²) in [6.45, 7) is 5.33. The van der Waals surface area contributed by atoms with E-state index in [0.717, 1.165) is 37.4 Å². The van der Waals surface area contributed by atoms with Crippen LogP contribution in [0.25, 0.3) is 0 Å². The highest BCUT2D eigenvalue weighted by atomic mass is 16.3. The van der Waals surface area contributed by atoms with E-state index in [1.165, 1.54) is 19.3 Å².